The number of fused-ring (bicyclic) bond motifs is 1. The Morgan fingerprint density at radius 3 is 2.45 bits per heavy atom. The third-order valence-electron chi connectivity index (χ3n) is 7.83. The molecule has 4 aliphatic rings. The van der Waals surface area contributed by atoms with Crippen molar-refractivity contribution >= 4 is 0 Å². The fraction of sp³-hybridized carbons (Fsp3) is 0.750. The van der Waals surface area contributed by atoms with Crippen LogP contribution in [0.15, 0.2) is 22.8 Å². The molecule has 2 nitrogen and oxygen atoms in total. The van der Waals surface area contributed by atoms with E-state index in [1.165, 1.54) is 32.1 Å². The van der Waals surface area contributed by atoms with E-state index in [4.69, 9.17) is 9.15 Å². The molecule has 2 bridgehead atoms. The standard InChI is InChI=1S/C15H24O.C5H5O/c1-12(2)7-6-11-15(16-11)13(3,4)10-5-8-14(12,15)9-10;1-5-3-2-4-6-5/h10-11H,5-9H2,1-4H3;2-4H,1H2. The molecule has 1 aromatic rings. The van der Waals surface area contributed by atoms with Gasteiger partial charge in [-0.05, 0) is 61.0 Å². The van der Waals surface area contributed by atoms with Crippen LogP contribution in [0.5, 0.6) is 0 Å². The third kappa shape index (κ3) is 1.50. The van der Waals surface area contributed by atoms with Crippen molar-refractivity contribution in [1.82, 2.24) is 0 Å². The van der Waals surface area contributed by atoms with Crippen molar-refractivity contribution in [3.63, 3.8) is 0 Å². The zero-order valence-corrected chi connectivity index (χ0v) is 14.4. The number of rotatable bonds is 0. The summed E-state index contributed by atoms with van der Waals surface area (Å²) in [7, 11) is 0. The van der Waals surface area contributed by atoms with E-state index in [9.17, 15) is 0 Å². The predicted molar refractivity (Wildman–Crippen MR) is 87.3 cm³/mol. The summed E-state index contributed by atoms with van der Waals surface area (Å²) >= 11 is 0. The van der Waals surface area contributed by atoms with Gasteiger partial charge in [-0.15, -0.1) is 0 Å². The van der Waals surface area contributed by atoms with Crippen LogP contribution in [0.2, 0.25) is 0 Å². The maximum absolute atomic E-state index is 6.36. The monoisotopic (exact) mass is 301 g/mol. The molecule has 2 heteroatoms. The first-order valence-electron chi connectivity index (χ1n) is 8.80. The van der Waals surface area contributed by atoms with Gasteiger partial charge in [-0.1, -0.05) is 27.7 Å². The molecule has 0 aromatic carbocycles. The lowest BCUT2D eigenvalue weighted by molar-refractivity contribution is -0.0620. The second-order valence-electron chi connectivity index (χ2n) is 9.09. The fourth-order valence-electron chi connectivity index (χ4n) is 6.52. The van der Waals surface area contributed by atoms with Gasteiger partial charge >= 0.3 is 0 Å². The molecular formula is C20H29O2. The molecule has 4 unspecified atom stereocenters. The summed E-state index contributed by atoms with van der Waals surface area (Å²) in [6, 6.07) is 3.61. The van der Waals surface area contributed by atoms with E-state index in [1.807, 2.05) is 6.07 Å². The molecule has 2 spiro atoms. The summed E-state index contributed by atoms with van der Waals surface area (Å²) in [5.41, 5.74) is 1.75. The molecule has 3 saturated carbocycles. The van der Waals surface area contributed by atoms with E-state index in [1.54, 1.807) is 12.3 Å². The van der Waals surface area contributed by atoms with Crippen molar-refractivity contribution in [1.29, 1.82) is 0 Å². The van der Waals surface area contributed by atoms with Crippen molar-refractivity contribution in [2.45, 2.75) is 71.5 Å². The Bertz CT molecular complexity index is 571. The molecule has 2 heterocycles. The highest BCUT2D eigenvalue weighted by molar-refractivity contribution is 5.34. The van der Waals surface area contributed by atoms with Crippen LogP contribution < -0.4 is 0 Å². The number of ether oxygens (including phenoxy) is 1. The number of hydrogen-bond donors (Lipinski definition) is 0. The van der Waals surface area contributed by atoms with E-state index in [2.05, 4.69) is 34.6 Å². The van der Waals surface area contributed by atoms with Crippen LogP contribution in [-0.2, 0) is 4.74 Å². The minimum atomic E-state index is 0.282. The number of epoxide rings is 1. The number of furan rings is 1. The van der Waals surface area contributed by atoms with Crippen molar-refractivity contribution in [3.05, 3.63) is 31.1 Å². The van der Waals surface area contributed by atoms with Gasteiger partial charge < -0.3 is 9.15 Å². The first kappa shape index (κ1) is 14.8. The number of hydrogen-bond acceptors (Lipinski definition) is 2. The Hall–Kier alpha value is -0.760. The molecule has 1 aliphatic heterocycles. The molecule has 3 aliphatic carbocycles. The average molecular weight is 301 g/mol. The van der Waals surface area contributed by atoms with Gasteiger partial charge in [-0.25, -0.2) is 0 Å². The summed E-state index contributed by atoms with van der Waals surface area (Å²) in [5, 5.41) is 0. The van der Waals surface area contributed by atoms with E-state index in [0.717, 1.165) is 11.7 Å². The van der Waals surface area contributed by atoms with Crippen LogP contribution >= 0.6 is 0 Å². The van der Waals surface area contributed by atoms with Gasteiger partial charge in [0.15, 0.2) is 0 Å². The van der Waals surface area contributed by atoms with E-state index in [-0.39, 0.29) is 5.60 Å². The largest absolute Gasteiger partial charge is 0.469 e. The highest BCUT2D eigenvalue weighted by Gasteiger charge is 2.86. The van der Waals surface area contributed by atoms with Crippen LogP contribution in [0.3, 0.4) is 0 Å². The van der Waals surface area contributed by atoms with Crippen LogP contribution in [0.25, 0.3) is 0 Å². The van der Waals surface area contributed by atoms with Crippen molar-refractivity contribution < 1.29 is 9.15 Å². The smallest absolute Gasteiger partial charge is 0.106 e. The zero-order chi connectivity index (χ0) is 15.8. The molecule has 1 saturated heterocycles. The van der Waals surface area contributed by atoms with Crippen molar-refractivity contribution in [2.24, 2.45) is 22.2 Å². The second-order valence-corrected chi connectivity index (χ2v) is 9.09. The van der Waals surface area contributed by atoms with E-state index in [0.29, 0.717) is 22.3 Å². The van der Waals surface area contributed by atoms with Crippen LogP contribution in [0, 0.1) is 29.1 Å². The maximum Gasteiger partial charge on any atom is 0.106 e. The minimum absolute atomic E-state index is 0.282. The molecule has 1 radical (unpaired) electrons. The zero-order valence-electron chi connectivity index (χ0n) is 14.4. The average Bonchev–Trinajstić information content (AvgIpc) is 2.77. The molecule has 4 atom stereocenters. The molecule has 0 amide bonds. The van der Waals surface area contributed by atoms with Gasteiger partial charge in [-0.2, -0.15) is 0 Å². The van der Waals surface area contributed by atoms with Crippen molar-refractivity contribution in [3.8, 4) is 0 Å². The first-order valence-corrected chi connectivity index (χ1v) is 8.80. The summed E-state index contributed by atoms with van der Waals surface area (Å²) in [6.07, 6.45) is 9.23. The Kier molecular flexibility index (Phi) is 2.83. The SMILES string of the molecule is CC1(C)CCC2OC23C(C)(C)C2CCC13C2.[CH2]c1ccco1. The van der Waals surface area contributed by atoms with Gasteiger partial charge in [0.05, 0.1) is 12.4 Å². The third-order valence-corrected chi connectivity index (χ3v) is 7.83. The lowest BCUT2D eigenvalue weighted by Gasteiger charge is -2.53. The minimum Gasteiger partial charge on any atom is -0.469 e. The Morgan fingerprint density at radius 2 is 1.91 bits per heavy atom. The topological polar surface area (TPSA) is 25.7 Å². The van der Waals surface area contributed by atoms with Crippen LogP contribution in [0.4, 0.5) is 0 Å². The van der Waals surface area contributed by atoms with Crippen molar-refractivity contribution in [2.75, 3.05) is 0 Å². The van der Waals surface area contributed by atoms with Gasteiger partial charge in [0.1, 0.15) is 11.4 Å². The lowest BCUT2D eigenvalue weighted by atomic mass is 9.49. The lowest BCUT2D eigenvalue weighted by Crippen LogP contribution is -2.56. The highest BCUT2D eigenvalue weighted by atomic mass is 16.6. The molecule has 0 N–H and O–H groups in total. The summed E-state index contributed by atoms with van der Waals surface area (Å²) in [5.74, 6) is 1.64. The molecular weight excluding hydrogens is 272 g/mol. The summed E-state index contributed by atoms with van der Waals surface area (Å²) in [4.78, 5) is 0. The summed E-state index contributed by atoms with van der Waals surface area (Å²) in [6.45, 7) is 13.5. The quantitative estimate of drug-likeness (QED) is 0.613. The fourth-order valence-corrected chi connectivity index (χ4v) is 6.52. The second kappa shape index (κ2) is 4.20. The molecule has 22 heavy (non-hydrogen) atoms. The predicted octanol–water partition coefficient (Wildman–Crippen LogP) is 5.23. The molecule has 1 aromatic heterocycles. The Morgan fingerprint density at radius 1 is 1.14 bits per heavy atom. The van der Waals surface area contributed by atoms with Gasteiger partial charge in [0.2, 0.25) is 0 Å². The Balaban J connectivity index is 0.000000177. The normalized spacial score (nSPS) is 45.5. The van der Waals surface area contributed by atoms with E-state index < -0.39 is 0 Å². The van der Waals surface area contributed by atoms with Crippen LogP contribution in [-0.4, -0.2) is 11.7 Å². The molecule has 121 valence electrons. The van der Waals surface area contributed by atoms with Crippen LogP contribution in [0.1, 0.15) is 65.6 Å². The van der Waals surface area contributed by atoms with Gasteiger partial charge in [0.25, 0.3) is 0 Å². The van der Waals surface area contributed by atoms with E-state index >= 15 is 0 Å². The summed E-state index contributed by atoms with van der Waals surface area (Å²) < 4.78 is 11.1. The maximum atomic E-state index is 6.36. The molecule has 5 rings (SSSR count). The van der Waals surface area contributed by atoms with Gasteiger partial charge in [0, 0.05) is 12.3 Å². The molecule has 4 fully saturated rings. The first-order chi connectivity index (χ1) is 10.3. The Labute approximate surface area is 134 Å². The van der Waals surface area contributed by atoms with Gasteiger partial charge in [-0.3, -0.25) is 0 Å². The highest BCUT2D eigenvalue weighted by Crippen LogP contribution is 2.83.